The molecule has 0 aliphatic heterocycles. The number of anilines is 1. The Morgan fingerprint density at radius 3 is 2.54 bits per heavy atom. The SMILES string of the molecule is CC(NC(=O)c1ccc(B(O)O)c(C=O)c1)C(C)C(=O)Nc1ncccc1O. The number of aldehydes is 1. The summed E-state index contributed by atoms with van der Waals surface area (Å²) in [5.41, 5.74) is 0.0996. The number of carbonyl (C=O) groups is 3. The predicted molar refractivity (Wildman–Crippen MR) is 102 cm³/mol. The van der Waals surface area contributed by atoms with Gasteiger partial charge in [0.15, 0.2) is 11.6 Å². The fourth-order valence-electron chi connectivity index (χ4n) is 2.42. The Bertz CT molecular complexity index is 889. The summed E-state index contributed by atoms with van der Waals surface area (Å²) in [5, 5.41) is 33.2. The highest BCUT2D eigenvalue weighted by atomic mass is 16.4. The highest BCUT2D eigenvalue weighted by Gasteiger charge is 2.24. The first-order valence-electron chi connectivity index (χ1n) is 8.45. The smallest absolute Gasteiger partial charge is 0.489 e. The van der Waals surface area contributed by atoms with Gasteiger partial charge in [-0.3, -0.25) is 14.4 Å². The first-order chi connectivity index (χ1) is 13.2. The van der Waals surface area contributed by atoms with Gasteiger partial charge in [-0.15, -0.1) is 0 Å². The summed E-state index contributed by atoms with van der Waals surface area (Å²) < 4.78 is 0. The molecule has 1 aromatic heterocycles. The van der Waals surface area contributed by atoms with Crippen LogP contribution in [0.15, 0.2) is 36.5 Å². The zero-order chi connectivity index (χ0) is 20.8. The predicted octanol–water partition coefficient (Wildman–Crippen LogP) is -0.327. The Morgan fingerprint density at radius 1 is 1.21 bits per heavy atom. The number of carbonyl (C=O) groups excluding carboxylic acids is 3. The molecule has 146 valence electrons. The van der Waals surface area contributed by atoms with Crippen LogP contribution in [0.4, 0.5) is 5.82 Å². The summed E-state index contributed by atoms with van der Waals surface area (Å²) in [6.07, 6.45) is 1.84. The van der Waals surface area contributed by atoms with Crippen molar-refractivity contribution in [2.24, 2.45) is 5.92 Å². The molecule has 0 bridgehead atoms. The molecular weight excluding hydrogens is 365 g/mol. The number of rotatable bonds is 7. The molecular formula is C18H20BN3O6. The summed E-state index contributed by atoms with van der Waals surface area (Å²) in [5.74, 6) is -1.79. The van der Waals surface area contributed by atoms with E-state index in [0.717, 1.165) is 0 Å². The van der Waals surface area contributed by atoms with Crippen molar-refractivity contribution in [3.05, 3.63) is 47.7 Å². The maximum Gasteiger partial charge on any atom is 0.489 e. The van der Waals surface area contributed by atoms with Gasteiger partial charge in [-0.25, -0.2) is 4.98 Å². The minimum atomic E-state index is -1.83. The van der Waals surface area contributed by atoms with Gasteiger partial charge in [-0.2, -0.15) is 0 Å². The van der Waals surface area contributed by atoms with Crippen LogP contribution >= 0.6 is 0 Å². The van der Waals surface area contributed by atoms with Gasteiger partial charge in [0.2, 0.25) is 5.91 Å². The first-order valence-corrected chi connectivity index (χ1v) is 8.45. The van der Waals surface area contributed by atoms with Crippen molar-refractivity contribution in [2.75, 3.05) is 5.32 Å². The zero-order valence-corrected chi connectivity index (χ0v) is 15.3. The topological polar surface area (TPSA) is 149 Å². The first kappa shape index (κ1) is 21.1. The van der Waals surface area contributed by atoms with E-state index in [2.05, 4.69) is 15.6 Å². The number of hydrogen-bond acceptors (Lipinski definition) is 7. The second kappa shape index (κ2) is 9.11. The van der Waals surface area contributed by atoms with E-state index in [-0.39, 0.29) is 28.2 Å². The van der Waals surface area contributed by atoms with E-state index in [9.17, 15) is 29.5 Å². The molecule has 2 amide bonds. The number of pyridine rings is 1. The Kier molecular flexibility index (Phi) is 6.86. The van der Waals surface area contributed by atoms with Gasteiger partial charge in [-0.1, -0.05) is 13.0 Å². The molecule has 28 heavy (non-hydrogen) atoms. The molecule has 2 aromatic rings. The lowest BCUT2D eigenvalue weighted by molar-refractivity contribution is -0.120. The summed E-state index contributed by atoms with van der Waals surface area (Å²) in [6.45, 7) is 3.23. The number of benzene rings is 1. The molecule has 0 aliphatic carbocycles. The third-order valence-corrected chi connectivity index (χ3v) is 4.30. The van der Waals surface area contributed by atoms with Crippen LogP contribution in [-0.4, -0.2) is 51.4 Å². The molecule has 0 saturated heterocycles. The van der Waals surface area contributed by atoms with Gasteiger partial charge >= 0.3 is 7.12 Å². The lowest BCUT2D eigenvalue weighted by Crippen LogP contribution is -2.42. The third-order valence-electron chi connectivity index (χ3n) is 4.30. The molecule has 0 aliphatic rings. The van der Waals surface area contributed by atoms with E-state index < -0.39 is 30.9 Å². The summed E-state index contributed by atoms with van der Waals surface area (Å²) >= 11 is 0. The monoisotopic (exact) mass is 385 g/mol. The van der Waals surface area contributed by atoms with Gasteiger partial charge in [-0.05, 0) is 36.7 Å². The second-order valence-electron chi connectivity index (χ2n) is 6.25. The zero-order valence-electron chi connectivity index (χ0n) is 15.3. The van der Waals surface area contributed by atoms with Gasteiger partial charge in [0.05, 0.1) is 5.92 Å². The molecule has 2 rings (SSSR count). The molecule has 0 radical (unpaired) electrons. The molecule has 0 saturated carbocycles. The Hall–Kier alpha value is -3.24. The van der Waals surface area contributed by atoms with Crippen molar-refractivity contribution in [2.45, 2.75) is 19.9 Å². The van der Waals surface area contributed by atoms with Crippen molar-refractivity contribution in [1.82, 2.24) is 10.3 Å². The average molecular weight is 385 g/mol. The van der Waals surface area contributed by atoms with Crippen LogP contribution in [0.2, 0.25) is 0 Å². The molecule has 10 heteroatoms. The van der Waals surface area contributed by atoms with Crippen molar-refractivity contribution < 1.29 is 29.5 Å². The van der Waals surface area contributed by atoms with E-state index in [4.69, 9.17) is 0 Å². The standard InChI is InChI=1S/C18H20BN3O6/c1-10(17(25)22-16-15(24)4-3-7-20-16)11(2)21-18(26)12-5-6-14(19(27)28)13(8-12)9-23/h3-11,24,27-28H,1-2H3,(H,21,26)(H,20,22,25). The number of nitrogens with one attached hydrogen (secondary N) is 2. The van der Waals surface area contributed by atoms with Gasteiger partial charge in [0.1, 0.15) is 6.29 Å². The second-order valence-corrected chi connectivity index (χ2v) is 6.25. The Morgan fingerprint density at radius 2 is 1.93 bits per heavy atom. The molecule has 2 unspecified atom stereocenters. The molecule has 0 fully saturated rings. The molecule has 2 atom stereocenters. The van der Waals surface area contributed by atoms with Crippen LogP contribution in [0.3, 0.4) is 0 Å². The van der Waals surface area contributed by atoms with Crippen molar-refractivity contribution in [3.63, 3.8) is 0 Å². The summed E-state index contributed by atoms with van der Waals surface area (Å²) in [6, 6.07) is 6.18. The van der Waals surface area contributed by atoms with E-state index in [1.165, 1.54) is 36.5 Å². The van der Waals surface area contributed by atoms with Crippen LogP contribution in [0.5, 0.6) is 5.75 Å². The number of amides is 2. The average Bonchev–Trinajstić information content (AvgIpc) is 2.68. The largest absolute Gasteiger partial charge is 0.504 e. The normalized spacial score (nSPS) is 12.6. The van der Waals surface area contributed by atoms with E-state index in [1.54, 1.807) is 13.8 Å². The highest BCUT2D eigenvalue weighted by molar-refractivity contribution is 6.60. The van der Waals surface area contributed by atoms with Crippen molar-refractivity contribution in [3.8, 4) is 5.75 Å². The third kappa shape index (κ3) is 4.93. The highest BCUT2D eigenvalue weighted by Crippen LogP contribution is 2.19. The van der Waals surface area contributed by atoms with Crippen LogP contribution < -0.4 is 16.1 Å². The lowest BCUT2D eigenvalue weighted by atomic mass is 9.77. The molecule has 5 N–H and O–H groups in total. The lowest BCUT2D eigenvalue weighted by Gasteiger charge is -2.21. The molecule has 9 nitrogen and oxygen atoms in total. The van der Waals surface area contributed by atoms with Gasteiger partial charge in [0, 0.05) is 23.4 Å². The number of hydrogen-bond donors (Lipinski definition) is 5. The van der Waals surface area contributed by atoms with E-state index >= 15 is 0 Å². The van der Waals surface area contributed by atoms with Crippen molar-refractivity contribution >= 4 is 36.5 Å². The van der Waals surface area contributed by atoms with Gasteiger partial charge in [0.25, 0.3) is 5.91 Å². The molecule has 1 heterocycles. The van der Waals surface area contributed by atoms with Gasteiger partial charge < -0.3 is 25.8 Å². The maximum absolute atomic E-state index is 12.4. The molecule has 1 aromatic carbocycles. The molecule has 0 spiro atoms. The number of aromatic hydroxyl groups is 1. The minimum Gasteiger partial charge on any atom is -0.504 e. The minimum absolute atomic E-state index is 0.0116. The maximum atomic E-state index is 12.4. The van der Waals surface area contributed by atoms with E-state index in [1.807, 2.05) is 0 Å². The quantitative estimate of drug-likeness (QED) is 0.324. The Labute approximate surface area is 161 Å². The van der Waals surface area contributed by atoms with Crippen LogP contribution in [0.1, 0.15) is 34.6 Å². The van der Waals surface area contributed by atoms with E-state index in [0.29, 0.717) is 6.29 Å². The number of aromatic nitrogens is 1. The van der Waals surface area contributed by atoms with Crippen molar-refractivity contribution in [1.29, 1.82) is 0 Å². The van der Waals surface area contributed by atoms with Crippen LogP contribution in [-0.2, 0) is 4.79 Å². The fraction of sp³-hybridized carbons (Fsp3) is 0.222. The summed E-state index contributed by atoms with van der Waals surface area (Å²) in [7, 11) is -1.83. The Balaban J connectivity index is 2.06. The fourth-order valence-corrected chi connectivity index (χ4v) is 2.42. The van der Waals surface area contributed by atoms with Crippen LogP contribution in [0.25, 0.3) is 0 Å². The van der Waals surface area contributed by atoms with Crippen LogP contribution in [0, 0.1) is 5.92 Å². The number of nitrogens with zero attached hydrogens (tertiary/aromatic N) is 1. The summed E-state index contributed by atoms with van der Waals surface area (Å²) in [4.78, 5) is 39.7.